The van der Waals surface area contributed by atoms with Crippen molar-refractivity contribution in [3.05, 3.63) is 66.2 Å². The number of ether oxygens (including phenoxy) is 1. The molecule has 0 atom stereocenters. The Morgan fingerprint density at radius 3 is 2.71 bits per heavy atom. The molecular weight excluding hydrogens is 266 g/mol. The SMILES string of the molecule is C=C(C)COc1cccc(C(=O)Nc2cccc(O)c2)c1. The Hall–Kier alpha value is -2.75. The number of anilines is 1. The highest BCUT2D eigenvalue weighted by Gasteiger charge is 2.07. The molecule has 0 aliphatic carbocycles. The predicted molar refractivity (Wildman–Crippen MR) is 82.8 cm³/mol. The molecule has 0 radical (unpaired) electrons. The van der Waals surface area contributed by atoms with Gasteiger partial charge in [-0.1, -0.05) is 18.7 Å². The smallest absolute Gasteiger partial charge is 0.255 e. The number of hydrogen-bond donors (Lipinski definition) is 2. The van der Waals surface area contributed by atoms with Crippen LogP contribution in [0.25, 0.3) is 0 Å². The van der Waals surface area contributed by atoms with Crippen molar-refractivity contribution < 1.29 is 14.6 Å². The van der Waals surface area contributed by atoms with E-state index in [2.05, 4.69) is 11.9 Å². The normalized spacial score (nSPS) is 9.95. The lowest BCUT2D eigenvalue weighted by molar-refractivity contribution is 0.102. The van der Waals surface area contributed by atoms with Crippen LogP contribution in [0.3, 0.4) is 0 Å². The fourth-order valence-corrected chi connectivity index (χ4v) is 1.72. The molecule has 2 aromatic carbocycles. The second kappa shape index (κ2) is 6.61. The molecule has 2 N–H and O–H groups in total. The van der Waals surface area contributed by atoms with Gasteiger partial charge in [0.2, 0.25) is 0 Å². The number of rotatable bonds is 5. The Kier molecular flexibility index (Phi) is 4.61. The molecule has 108 valence electrons. The maximum Gasteiger partial charge on any atom is 0.255 e. The van der Waals surface area contributed by atoms with Gasteiger partial charge in [-0.25, -0.2) is 0 Å². The van der Waals surface area contributed by atoms with E-state index >= 15 is 0 Å². The van der Waals surface area contributed by atoms with Crippen LogP contribution in [0.2, 0.25) is 0 Å². The van der Waals surface area contributed by atoms with Crippen molar-refractivity contribution >= 4 is 11.6 Å². The zero-order valence-electron chi connectivity index (χ0n) is 11.8. The molecule has 4 heteroatoms. The number of phenolic OH excluding ortho intramolecular Hbond substituents is 1. The van der Waals surface area contributed by atoms with Crippen molar-refractivity contribution in [3.63, 3.8) is 0 Å². The van der Waals surface area contributed by atoms with E-state index in [1.54, 1.807) is 42.5 Å². The van der Waals surface area contributed by atoms with Gasteiger partial charge in [0.05, 0.1) is 0 Å². The molecule has 0 aliphatic rings. The highest BCUT2D eigenvalue weighted by atomic mass is 16.5. The summed E-state index contributed by atoms with van der Waals surface area (Å²) in [7, 11) is 0. The average Bonchev–Trinajstić information content (AvgIpc) is 2.45. The summed E-state index contributed by atoms with van der Waals surface area (Å²) in [6.45, 7) is 6.05. The van der Waals surface area contributed by atoms with Crippen molar-refractivity contribution in [2.24, 2.45) is 0 Å². The van der Waals surface area contributed by atoms with Crippen molar-refractivity contribution in [2.75, 3.05) is 11.9 Å². The van der Waals surface area contributed by atoms with Gasteiger partial charge < -0.3 is 15.2 Å². The molecule has 0 aromatic heterocycles. The van der Waals surface area contributed by atoms with E-state index in [1.165, 1.54) is 6.07 Å². The first kappa shape index (κ1) is 14.7. The van der Waals surface area contributed by atoms with Crippen molar-refractivity contribution in [1.82, 2.24) is 0 Å². The Balaban J connectivity index is 2.08. The molecule has 0 fully saturated rings. The molecule has 0 spiro atoms. The molecule has 0 aliphatic heterocycles. The Morgan fingerprint density at radius 2 is 2.00 bits per heavy atom. The van der Waals surface area contributed by atoms with E-state index in [0.29, 0.717) is 23.6 Å². The van der Waals surface area contributed by atoms with E-state index in [4.69, 9.17) is 4.74 Å². The minimum absolute atomic E-state index is 0.103. The number of hydrogen-bond acceptors (Lipinski definition) is 3. The Morgan fingerprint density at radius 1 is 1.24 bits per heavy atom. The van der Waals surface area contributed by atoms with Crippen LogP contribution in [0.5, 0.6) is 11.5 Å². The van der Waals surface area contributed by atoms with E-state index in [1.807, 2.05) is 6.92 Å². The van der Waals surface area contributed by atoms with E-state index in [0.717, 1.165) is 5.57 Å². The summed E-state index contributed by atoms with van der Waals surface area (Å²) in [6, 6.07) is 13.3. The van der Waals surface area contributed by atoms with Crippen LogP contribution in [0.1, 0.15) is 17.3 Å². The molecule has 4 nitrogen and oxygen atoms in total. The van der Waals surface area contributed by atoms with Crippen LogP contribution in [0.15, 0.2) is 60.7 Å². The third kappa shape index (κ3) is 4.38. The second-order valence-electron chi connectivity index (χ2n) is 4.78. The highest BCUT2D eigenvalue weighted by molar-refractivity contribution is 6.04. The maximum absolute atomic E-state index is 12.1. The van der Waals surface area contributed by atoms with Crippen LogP contribution in [0.4, 0.5) is 5.69 Å². The number of carbonyl (C=O) groups excluding carboxylic acids is 1. The monoisotopic (exact) mass is 283 g/mol. The zero-order chi connectivity index (χ0) is 15.2. The third-order valence-electron chi connectivity index (χ3n) is 2.69. The van der Waals surface area contributed by atoms with Crippen LogP contribution in [-0.2, 0) is 0 Å². The fraction of sp³-hybridized carbons (Fsp3) is 0.118. The summed E-state index contributed by atoms with van der Waals surface area (Å²) >= 11 is 0. The van der Waals surface area contributed by atoms with Gasteiger partial charge in [-0.05, 0) is 42.8 Å². The summed E-state index contributed by atoms with van der Waals surface area (Å²) in [6.07, 6.45) is 0. The minimum atomic E-state index is -0.263. The van der Waals surface area contributed by atoms with Gasteiger partial charge in [-0.15, -0.1) is 0 Å². The van der Waals surface area contributed by atoms with Crippen LogP contribution in [-0.4, -0.2) is 17.6 Å². The quantitative estimate of drug-likeness (QED) is 0.824. The summed E-state index contributed by atoms with van der Waals surface area (Å²) in [5.41, 5.74) is 1.93. The van der Waals surface area contributed by atoms with Gasteiger partial charge in [-0.2, -0.15) is 0 Å². The molecule has 0 heterocycles. The lowest BCUT2D eigenvalue weighted by Crippen LogP contribution is -2.12. The number of amides is 1. The van der Waals surface area contributed by atoms with Crippen molar-refractivity contribution in [2.45, 2.75) is 6.92 Å². The lowest BCUT2D eigenvalue weighted by atomic mass is 10.2. The van der Waals surface area contributed by atoms with Crippen LogP contribution < -0.4 is 10.1 Å². The van der Waals surface area contributed by atoms with Gasteiger partial charge in [-0.3, -0.25) is 4.79 Å². The topological polar surface area (TPSA) is 58.6 Å². The summed E-state index contributed by atoms with van der Waals surface area (Å²) in [5.74, 6) is 0.453. The largest absolute Gasteiger partial charge is 0.508 e. The van der Waals surface area contributed by atoms with Crippen LogP contribution >= 0.6 is 0 Å². The molecule has 0 saturated carbocycles. The second-order valence-corrected chi connectivity index (χ2v) is 4.78. The first-order valence-electron chi connectivity index (χ1n) is 6.52. The fourth-order valence-electron chi connectivity index (χ4n) is 1.72. The first-order valence-corrected chi connectivity index (χ1v) is 6.52. The highest BCUT2D eigenvalue weighted by Crippen LogP contribution is 2.18. The van der Waals surface area contributed by atoms with Gasteiger partial charge in [0.15, 0.2) is 0 Å². The number of nitrogens with one attached hydrogen (secondary N) is 1. The third-order valence-corrected chi connectivity index (χ3v) is 2.69. The molecule has 0 saturated heterocycles. The predicted octanol–water partition coefficient (Wildman–Crippen LogP) is 3.60. The van der Waals surface area contributed by atoms with Crippen molar-refractivity contribution in [3.8, 4) is 11.5 Å². The number of aromatic hydroxyl groups is 1. The zero-order valence-corrected chi connectivity index (χ0v) is 11.8. The number of carbonyl (C=O) groups is 1. The molecule has 1 amide bonds. The summed E-state index contributed by atoms with van der Waals surface area (Å²) in [5, 5.41) is 12.1. The van der Waals surface area contributed by atoms with E-state index in [-0.39, 0.29) is 11.7 Å². The average molecular weight is 283 g/mol. The maximum atomic E-state index is 12.1. The molecule has 0 unspecified atom stereocenters. The number of benzene rings is 2. The van der Waals surface area contributed by atoms with Gasteiger partial charge in [0.25, 0.3) is 5.91 Å². The van der Waals surface area contributed by atoms with Gasteiger partial charge >= 0.3 is 0 Å². The first-order chi connectivity index (χ1) is 10.0. The van der Waals surface area contributed by atoms with Gasteiger partial charge in [0.1, 0.15) is 18.1 Å². The number of phenols is 1. The minimum Gasteiger partial charge on any atom is -0.508 e. The Labute approximate surface area is 123 Å². The Bertz CT molecular complexity index is 665. The summed E-state index contributed by atoms with van der Waals surface area (Å²) < 4.78 is 5.51. The molecule has 2 aromatic rings. The molecule has 2 rings (SSSR count). The van der Waals surface area contributed by atoms with E-state index < -0.39 is 0 Å². The summed E-state index contributed by atoms with van der Waals surface area (Å²) in [4.78, 5) is 12.1. The van der Waals surface area contributed by atoms with E-state index in [9.17, 15) is 9.90 Å². The molecule has 21 heavy (non-hydrogen) atoms. The van der Waals surface area contributed by atoms with Crippen LogP contribution in [0, 0.1) is 0 Å². The van der Waals surface area contributed by atoms with Crippen molar-refractivity contribution in [1.29, 1.82) is 0 Å². The molecular formula is C17H17NO3. The lowest BCUT2D eigenvalue weighted by Gasteiger charge is -2.09. The molecule has 0 bridgehead atoms. The van der Waals surface area contributed by atoms with Gasteiger partial charge in [0, 0.05) is 17.3 Å². The standard InChI is InChI=1S/C17H17NO3/c1-12(2)11-21-16-8-3-5-13(9-16)17(20)18-14-6-4-7-15(19)10-14/h3-10,19H,1,11H2,2H3,(H,18,20).